The zero-order chi connectivity index (χ0) is 23.3. The number of cyclic esters (lactones) is 1. The Kier molecular flexibility index (Phi) is 11.4. The van der Waals surface area contributed by atoms with Crippen molar-refractivity contribution in [2.24, 2.45) is 5.92 Å². The maximum Gasteiger partial charge on any atom is 0.342 e. The number of hydrogen-bond donors (Lipinski definition) is 3. The van der Waals surface area contributed by atoms with Gasteiger partial charge in [-0.3, -0.25) is 4.79 Å². The van der Waals surface area contributed by atoms with E-state index in [1.807, 2.05) is 19.1 Å². The Morgan fingerprint density at radius 3 is 2.91 bits per heavy atom. The number of phenolic OH excluding ortho intramolecular Hbond substituents is 1. The highest BCUT2D eigenvalue weighted by Crippen LogP contribution is 2.26. The number of phenols is 1. The molecule has 2 rings (SSSR count). The number of benzene rings is 1. The summed E-state index contributed by atoms with van der Waals surface area (Å²) in [5.41, 5.74) is 0.854. The second-order valence-electron chi connectivity index (χ2n) is 8.16. The van der Waals surface area contributed by atoms with Crippen LogP contribution in [0.3, 0.4) is 0 Å². The number of hydrogen-bond acceptors (Lipinski definition) is 6. The number of rotatable bonds is 7. The van der Waals surface area contributed by atoms with E-state index in [0.717, 1.165) is 25.0 Å². The first-order valence-electron chi connectivity index (χ1n) is 11.4. The molecule has 0 spiro atoms. The number of aliphatic hydroxyl groups is 1. The van der Waals surface area contributed by atoms with Crippen LogP contribution >= 0.6 is 11.8 Å². The van der Waals surface area contributed by atoms with E-state index in [2.05, 4.69) is 12.2 Å². The maximum absolute atomic E-state index is 12.9. The van der Waals surface area contributed by atoms with Crippen LogP contribution in [0.1, 0.15) is 68.3 Å². The summed E-state index contributed by atoms with van der Waals surface area (Å²) in [5, 5.41) is 23.4. The molecule has 32 heavy (non-hydrogen) atoms. The third kappa shape index (κ3) is 8.71. The molecule has 1 aromatic rings. The van der Waals surface area contributed by atoms with Crippen molar-refractivity contribution in [2.45, 2.75) is 71.0 Å². The lowest BCUT2D eigenvalue weighted by Gasteiger charge is -2.24. The Morgan fingerprint density at radius 2 is 2.12 bits per heavy atom. The monoisotopic (exact) mass is 461 g/mol. The molecule has 0 unspecified atom stereocenters. The Balaban J connectivity index is 2.05. The molecule has 1 aliphatic rings. The van der Waals surface area contributed by atoms with Gasteiger partial charge in [-0.1, -0.05) is 68.8 Å². The lowest BCUT2D eigenvalue weighted by atomic mass is 9.94. The third-order valence-corrected chi connectivity index (χ3v) is 6.35. The van der Waals surface area contributed by atoms with Crippen molar-refractivity contribution in [1.82, 2.24) is 5.32 Å². The van der Waals surface area contributed by atoms with E-state index in [0.29, 0.717) is 24.8 Å². The number of fused-ring (bicyclic) bond motifs is 1. The van der Waals surface area contributed by atoms with Crippen LogP contribution in [0.2, 0.25) is 0 Å². The zero-order valence-corrected chi connectivity index (χ0v) is 19.8. The summed E-state index contributed by atoms with van der Waals surface area (Å²) in [4.78, 5) is 24.7. The Hall–Kier alpha value is -2.25. The second-order valence-corrected chi connectivity index (χ2v) is 9.22. The number of esters is 1. The number of nitrogens with one attached hydrogen (secondary N) is 1. The van der Waals surface area contributed by atoms with E-state index in [4.69, 9.17) is 4.74 Å². The molecule has 176 valence electrons. The van der Waals surface area contributed by atoms with Crippen LogP contribution in [-0.2, 0) is 11.2 Å². The molecule has 1 aromatic carbocycles. The van der Waals surface area contributed by atoms with Gasteiger partial charge in [0.25, 0.3) is 5.24 Å². The third-order valence-electron chi connectivity index (χ3n) is 5.48. The predicted octanol–water partition coefficient (Wildman–Crippen LogP) is 5.34. The first kappa shape index (κ1) is 26.0. The number of carbonyl (C=O) groups excluding carboxylic acids is 2. The number of allylic oxidation sites excluding steroid dienone is 2. The quantitative estimate of drug-likeness (QED) is 0.288. The van der Waals surface area contributed by atoms with Crippen molar-refractivity contribution in [1.29, 1.82) is 0 Å². The fraction of sp³-hybridized carbons (Fsp3) is 0.520. The molecule has 7 heteroatoms. The highest BCUT2D eigenvalue weighted by Gasteiger charge is 2.25. The average molecular weight is 462 g/mol. The Labute approximate surface area is 195 Å². The SMILES string of the molecule is CCCCCSC(=O)N/C=C/C[C@H]1C[C@@H](O)[C@@H](C)C/C=C/Cc2cccc(O)c2C(=O)O1. The topological polar surface area (TPSA) is 95.9 Å². The number of carbonyl (C=O) groups is 2. The van der Waals surface area contributed by atoms with Crippen LogP contribution < -0.4 is 5.32 Å². The van der Waals surface area contributed by atoms with E-state index >= 15 is 0 Å². The molecular formula is C25H35NO5S. The smallest absolute Gasteiger partial charge is 0.342 e. The number of aliphatic hydroxyl groups excluding tert-OH is 1. The van der Waals surface area contributed by atoms with E-state index in [9.17, 15) is 19.8 Å². The van der Waals surface area contributed by atoms with Crippen LogP contribution in [0.4, 0.5) is 4.79 Å². The molecule has 0 aromatic heterocycles. The molecule has 0 fully saturated rings. The average Bonchev–Trinajstić information content (AvgIpc) is 2.76. The minimum absolute atomic E-state index is 0.0127. The fourth-order valence-corrected chi connectivity index (χ4v) is 4.17. The highest BCUT2D eigenvalue weighted by atomic mass is 32.2. The molecule has 0 bridgehead atoms. The van der Waals surface area contributed by atoms with Gasteiger partial charge in [0.1, 0.15) is 17.4 Å². The summed E-state index contributed by atoms with van der Waals surface area (Å²) in [6.45, 7) is 4.09. The van der Waals surface area contributed by atoms with Gasteiger partial charge in [-0.2, -0.15) is 0 Å². The van der Waals surface area contributed by atoms with Gasteiger partial charge in [0.05, 0.1) is 6.10 Å². The summed E-state index contributed by atoms with van der Waals surface area (Å²) in [5.74, 6) is 0.0722. The standard InChI is InChI=1S/C25H35NO5S/c1-3-4-7-16-32-25(30)26-15-9-13-20-17-22(28)18(2)10-5-6-11-19-12-8-14-21(27)23(19)24(29)31-20/h5-6,8-9,12,14-15,18,20,22,27-28H,3-4,7,10-11,13,16-17H2,1-2H3,(H,26,30)/b6-5+,15-9+/t18-,20-,22+/m0/s1. The first-order valence-corrected chi connectivity index (χ1v) is 12.3. The number of ether oxygens (including phenoxy) is 1. The van der Waals surface area contributed by atoms with Crippen molar-refractivity contribution >= 4 is 23.0 Å². The van der Waals surface area contributed by atoms with Gasteiger partial charge in [0, 0.05) is 24.8 Å². The zero-order valence-electron chi connectivity index (χ0n) is 19.0. The molecule has 0 radical (unpaired) electrons. The normalized spacial score (nSPS) is 23.0. The van der Waals surface area contributed by atoms with Crippen LogP contribution in [0.25, 0.3) is 0 Å². The molecule has 1 aliphatic heterocycles. The minimum Gasteiger partial charge on any atom is -0.507 e. The summed E-state index contributed by atoms with van der Waals surface area (Å²) in [6, 6.07) is 4.97. The van der Waals surface area contributed by atoms with Gasteiger partial charge in [0.2, 0.25) is 0 Å². The molecule has 3 N–H and O–H groups in total. The molecular weight excluding hydrogens is 426 g/mol. The van der Waals surface area contributed by atoms with Crippen molar-refractivity contribution in [3.8, 4) is 5.75 Å². The van der Waals surface area contributed by atoms with Crippen LogP contribution in [0.15, 0.2) is 42.6 Å². The lowest BCUT2D eigenvalue weighted by Crippen LogP contribution is -2.28. The molecule has 1 heterocycles. The van der Waals surface area contributed by atoms with E-state index in [-0.39, 0.29) is 28.9 Å². The van der Waals surface area contributed by atoms with E-state index < -0.39 is 18.2 Å². The molecule has 0 aliphatic carbocycles. The molecule has 1 amide bonds. The van der Waals surface area contributed by atoms with Gasteiger partial charge in [-0.05, 0) is 36.8 Å². The summed E-state index contributed by atoms with van der Waals surface area (Å²) >= 11 is 1.25. The summed E-state index contributed by atoms with van der Waals surface area (Å²) in [6.07, 6.45) is 11.1. The first-order chi connectivity index (χ1) is 15.4. The number of unbranched alkanes of at least 4 members (excludes halogenated alkanes) is 2. The van der Waals surface area contributed by atoms with Crippen LogP contribution in [0, 0.1) is 5.92 Å². The van der Waals surface area contributed by atoms with Gasteiger partial charge in [-0.15, -0.1) is 0 Å². The van der Waals surface area contributed by atoms with Gasteiger partial charge in [0.15, 0.2) is 0 Å². The fourth-order valence-electron chi connectivity index (χ4n) is 3.48. The van der Waals surface area contributed by atoms with Gasteiger partial charge < -0.3 is 20.3 Å². The second kappa shape index (κ2) is 14.0. The Bertz CT molecular complexity index is 808. The molecule has 0 saturated carbocycles. The van der Waals surface area contributed by atoms with Crippen LogP contribution in [0.5, 0.6) is 5.75 Å². The van der Waals surface area contributed by atoms with Gasteiger partial charge in [-0.25, -0.2) is 4.79 Å². The highest BCUT2D eigenvalue weighted by molar-refractivity contribution is 8.13. The molecule has 6 nitrogen and oxygen atoms in total. The minimum atomic E-state index is -0.641. The van der Waals surface area contributed by atoms with Crippen molar-refractivity contribution < 1.29 is 24.5 Å². The Morgan fingerprint density at radius 1 is 1.31 bits per heavy atom. The van der Waals surface area contributed by atoms with Crippen LogP contribution in [-0.4, -0.2) is 39.4 Å². The van der Waals surface area contributed by atoms with E-state index in [1.54, 1.807) is 24.4 Å². The predicted molar refractivity (Wildman–Crippen MR) is 129 cm³/mol. The van der Waals surface area contributed by atoms with Crippen molar-refractivity contribution in [3.05, 3.63) is 53.8 Å². The number of aromatic hydroxyl groups is 1. The molecule has 0 saturated heterocycles. The largest absolute Gasteiger partial charge is 0.507 e. The number of thioether (sulfide) groups is 1. The lowest BCUT2D eigenvalue weighted by molar-refractivity contribution is 0.00679. The van der Waals surface area contributed by atoms with Crippen molar-refractivity contribution in [2.75, 3.05) is 5.75 Å². The van der Waals surface area contributed by atoms with Gasteiger partial charge >= 0.3 is 5.97 Å². The number of amides is 1. The summed E-state index contributed by atoms with van der Waals surface area (Å²) in [7, 11) is 0. The molecule has 3 atom stereocenters. The van der Waals surface area contributed by atoms with E-state index in [1.165, 1.54) is 17.8 Å². The maximum atomic E-state index is 12.9. The summed E-state index contributed by atoms with van der Waals surface area (Å²) < 4.78 is 5.70. The van der Waals surface area contributed by atoms with Crippen molar-refractivity contribution in [3.63, 3.8) is 0 Å².